The van der Waals surface area contributed by atoms with Crippen LogP contribution in [-0.2, 0) is 13.2 Å². The Morgan fingerprint density at radius 1 is 0.966 bits per heavy atom. The van der Waals surface area contributed by atoms with Gasteiger partial charge in [0.15, 0.2) is 30.4 Å². The molecule has 2 aromatic carbocycles. The van der Waals surface area contributed by atoms with Gasteiger partial charge in [-0.25, -0.2) is 13.8 Å². The summed E-state index contributed by atoms with van der Waals surface area (Å²) in [4.78, 5) is 11.4. The summed E-state index contributed by atoms with van der Waals surface area (Å²) < 4.78 is 31.8. The summed E-state index contributed by atoms with van der Waals surface area (Å²) in [7, 11) is 1.56. The zero-order valence-corrected chi connectivity index (χ0v) is 15.8. The molecule has 146 valence electrons. The quantitative estimate of drug-likeness (QED) is 0.369. The van der Waals surface area contributed by atoms with E-state index in [2.05, 4.69) is 0 Å². The SMILES string of the molecule is COc1cc2ccc(=O)oc2cc1OCc1cc[n+](Cc2cccc(F)c2)cc1. The number of hydrogen-bond donors (Lipinski definition) is 0. The fourth-order valence-electron chi connectivity index (χ4n) is 3.05. The Bertz CT molecular complexity index is 1200. The molecule has 4 rings (SSSR count). The second kappa shape index (κ2) is 8.14. The fraction of sp³-hybridized carbons (Fsp3) is 0.130. The van der Waals surface area contributed by atoms with Gasteiger partial charge in [0.2, 0.25) is 0 Å². The molecule has 0 bridgehead atoms. The van der Waals surface area contributed by atoms with Crippen molar-refractivity contribution < 1.29 is 22.8 Å². The lowest BCUT2D eigenvalue weighted by molar-refractivity contribution is -0.688. The third kappa shape index (κ3) is 4.43. The van der Waals surface area contributed by atoms with Crippen LogP contribution >= 0.6 is 0 Å². The molecule has 0 amide bonds. The van der Waals surface area contributed by atoms with Gasteiger partial charge < -0.3 is 13.9 Å². The monoisotopic (exact) mass is 392 g/mol. The molecule has 0 fully saturated rings. The Labute approximate surface area is 166 Å². The zero-order valence-electron chi connectivity index (χ0n) is 15.8. The normalized spacial score (nSPS) is 10.8. The molecule has 0 atom stereocenters. The third-order valence-corrected chi connectivity index (χ3v) is 4.51. The lowest BCUT2D eigenvalue weighted by Crippen LogP contribution is -2.33. The Morgan fingerprint density at radius 2 is 1.79 bits per heavy atom. The molecule has 0 N–H and O–H groups in total. The summed E-state index contributed by atoms with van der Waals surface area (Å²) in [5.41, 5.74) is 1.87. The molecule has 0 radical (unpaired) electrons. The van der Waals surface area contributed by atoms with Crippen LogP contribution in [0.4, 0.5) is 4.39 Å². The van der Waals surface area contributed by atoms with Crippen molar-refractivity contribution in [3.05, 3.63) is 100 Å². The van der Waals surface area contributed by atoms with Crippen molar-refractivity contribution in [2.45, 2.75) is 13.2 Å². The minimum Gasteiger partial charge on any atom is -0.493 e. The van der Waals surface area contributed by atoms with E-state index < -0.39 is 5.63 Å². The first kappa shape index (κ1) is 18.7. The molecule has 0 saturated carbocycles. The molecule has 0 spiro atoms. The van der Waals surface area contributed by atoms with Crippen molar-refractivity contribution in [2.75, 3.05) is 7.11 Å². The van der Waals surface area contributed by atoms with Crippen LogP contribution in [0.25, 0.3) is 11.0 Å². The first-order valence-corrected chi connectivity index (χ1v) is 9.08. The number of pyridine rings is 1. The highest BCUT2D eigenvalue weighted by Gasteiger charge is 2.10. The van der Waals surface area contributed by atoms with Gasteiger partial charge in [-0.2, -0.15) is 0 Å². The molecule has 4 aromatic rings. The molecule has 2 heterocycles. The molecule has 29 heavy (non-hydrogen) atoms. The third-order valence-electron chi connectivity index (χ3n) is 4.51. The smallest absolute Gasteiger partial charge is 0.336 e. The van der Waals surface area contributed by atoms with Crippen LogP contribution in [0.3, 0.4) is 0 Å². The van der Waals surface area contributed by atoms with Crippen LogP contribution in [0, 0.1) is 5.82 Å². The standard InChI is InChI=1S/C23H19FNO4/c1-27-21-12-18-5-6-23(26)29-20(18)13-22(21)28-15-16-7-9-25(10-8-16)14-17-3-2-4-19(24)11-17/h2-13H,14-15H2,1H3/q+1. The van der Waals surface area contributed by atoms with E-state index >= 15 is 0 Å². The molecule has 6 heteroatoms. The van der Waals surface area contributed by atoms with Gasteiger partial charge in [0, 0.05) is 40.8 Å². The highest BCUT2D eigenvalue weighted by molar-refractivity contribution is 5.80. The van der Waals surface area contributed by atoms with E-state index in [-0.39, 0.29) is 5.82 Å². The minimum atomic E-state index is -0.417. The highest BCUT2D eigenvalue weighted by atomic mass is 19.1. The number of rotatable bonds is 6. The molecule has 0 aliphatic carbocycles. The summed E-state index contributed by atoms with van der Waals surface area (Å²) in [6.07, 6.45) is 3.83. The first-order valence-electron chi connectivity index (χ1n) is 9.08. The van der Waals surface area contributed by atoms with Crippen molar-refractivity contribution in [3.63, 3.8) is 0 Å². The Morgan fingerprint density at radius 3 is 2.55 bits per heavy atom. The van der Waals surface area contributed by atoms with E-state index in [1.807, 2.05) is 35.2 Å². The van der Waals surface area contributed by atoms with Gasteiger partial charge in [-0.15, -0.1) is 0 Å². The predicted molar refractivity (Wildman–Crippen MR) is 106 cm³/mol. The van der Waals surface area contributed by atoms with E-state index in [1.54, 1.807) is 31.4 Å². The van der Waals surface area contributed by atoms with Crippen LogP contribution in [0.2, 0.25) is 0 Å². The van der Waals surface area contributed by atoms with E-state index in [9.17, 15) is 9.18 Å². The maximum atomic E-state index is 13.3. The van der Waals surface area contributed by atoms with E-state index in [0.29, 0.717) is 30.2 Å². The molecule has 0 saturated heterocycles. The number of halogens is 1. The highest BCUT2D eigenvalue weighted by Crippen LogP contribution is 2.32. The molecule has 0 aliphatic heterocycles. The van der Waals surface area contributed by atoms with Crippen LogP contribution in [0.1, 0.15) is 11.1 Å². The number of hydrogen-bond acceptors (Lipinski definition) is 4. The van der Waals surface area contributed by atoms with Crippen LogP contribution in [-0.4, -0.2) is 7.11 Å². The minimum absolute atomic E-state index is 0.242. The van der Waals surface area contributed by atoms with E-state index in [0.717, 1.165) is 16.5 Å². The maximum absolute atomic E-state index is 13.3. The predicted octanol–water partition coefficient (Wildman–Crippen LogP) is 3.86. The first-order chi connectivity index (χ1) is 14.1. The molecule has 2 aromatic heterocycles. The summed E-state index contributed by atoms with van der Waals surface area (Å²) >= 11 is 0. The second-order valence-electron chi connectivity index (χ2n) is 6.59. The average molecular weight is 392 g/mol. The van der Waals surface area contributed by atoms with Crippen molar-refractivity contribution >= 4 is 11.0 Å². The lowest BCUT2D eigenvalue weighted by atomic mass is 10.2. The zero-order chi connectivity index (χ0) is 20.2. The maximum Gasteiger partial charge on any atom is 0.336 e. The van der Waals surface area contributed by atoms with Crippen molar-refractivity contribution in [1.82, 2.24) is 0 Å². The summed E-state index contributed by atoms with van der Waals surface area (Å²) in [6, 6.07) is 16.9. The number of aromatic nitrogens is 1. The van der Waals surface area contributed by atoms with Gasteiger partial charge in [0.25, 0.3) is 0 Å². The van der Waals surface area contributed by atoms with Crippen LogP contribution in [0.5, 0.6) is 11.5 Å². The van der Waals surface area contributed by atoms with Gasteiger partial charge in [0.1, 0.15) is 18.0 Å². The average Bonchev–Trinajstić information content (AvgIpc) is 2.72. The topological polar surface area (TPSA) is 52.6 Å². The van der Waals surface area contributed by atoms with Crippen LogP contribution in [0.15, 0.2) is 82.3 Å². The van der Waals surface area contributed by atoms with E-state index in [1.165, 1.54) is 18.2 Å². The van der Waals surface area contributed by atoms with Gasteiger partial charge >= 0.3 is 5.63 Å². The van der Waals surface area contributed by atoms with Gasteiger partial charge in [-0.3, -0.25) is 0 Å². The number of benzene rings is 2. The fourth-order valence-corrected chi connectivity index (χ4v) is 3.05. The molecule has 0 aliphatic rings. The van der Waals surface area contributed by atoms with E-state index in [4.69, 9.17) is 13.9 Å². The largest absolute Gasteiger partial charge is 0.493 e. The summed E-state index contributed by atoms with van der Waals surface area (Å²) in [6.45, 7) is 0.899. The lowest BCUT2D eigenvalue weighted by Gasteiger charge is -2.11. The van der Waals surface area contributed by atoms with Crippen molar-refractivity contribution in [1.29, 1.82) is 0 Å². The summed E-state index contributed by atoms with van der Waals surface area (Å²) in [5.74, 6) is 0.808. The van der Waals surface area contributed by atoms with Crippen molar-refractivity contribution in [3.8, 4) is 11.5 Å². The molecule has 5 nitrogen and oxygen atoms in total. The van der Waals surface area contributed by atoms with Gasteiger partial charge in [-0.05, 0) is 24.3 Å². The molecular weight excluding hydrogens is 373 g/mol. The van der Waals surface area contributed by atoms with Crippen molar-refractivity contribution in [2.24, 2.45) is 0 Å². The molecule has 0 unspecified atom stereocenters. The Hall–Kier alpha value is -3.67. The number of methoxy groups -OCH3 is 1. The molecular formula is C23H19FNO4+. The summed E-state index contributed by atoms with van der Waals surface area (Å²) in [5, 5.41) is 0.756. The van der Waals surface area contributed by atoms with Crippen LogP contribution < -0.4 is 19.7 Å². The van der Waals surface area contributed by atoms with Gasteiger partial charge in [0.05, 0.1) is 7.11 Å². The Kier molecular flexibility index (Phi) is 5.24. The number of ether oxygens (including phenoxy) is 2. The number of nitrogens with zero attached hydrogens (tertiary/aromatic N) is 1. The Balaban J connectivity index is 1.48. The number of fused-ring (bicyclic) bond motifs is 1. The second-order valence-corrected chi connectivity index (χ2v) is 6.59. The van der Waals surface area contributed by atoms with Gasteiger partial charge in [-0.1, -0.05) is 12.1 Å².